The summed E-state index contributed by atoms with van der Waals surface area (Å²) in [5.74, 6) is 1.76. The minimum absolute atomic E-state index is 0.413. The SMILES string of the molecule is CCCN(CCC)CCOc1nc(N2CCCCC2)c2c(-c3cc4c(o3)=CCCC=4)ccnc2n1. The van der Waals surface area contributed by atoms with Gasteiger partial charge in [-0.15, -0.1) is 0 Å². The number of fused-ring (bicyclic) bond motifs is 2. The quantitative estimate of drug-likeness (QED) is 0.437. The first kappa shape index (κ1) is 23.8. The average molecular weight is 476 g/mol. The standard InChI is InChI=1S/C28H37N5O2/c1-3-14-32(15-4-2)18-19-34-28-30-26-25(27(31-28)33-16-8-5-9-17-33)22(12-13-29-26)24-20-21-10-6-7-11-23(21)35-24/h10-13,20H,3-9,14-19H2,1-2H3. The van der Waals surface area contributed by atoms with Gasteiger partial charge in [0.15, 0.2) is 5.65 Å². The van der Waals surface area contributed by atoms with Crippen LogP contribution < -0.4 is 20.3 Å². The zero-order valence-corrected chi connectivity index (χ0v) is 21.1. The highest BCUT2D eigenvalue weighted by Gasteiger charge is 2.22. The molecule has 1 saturated heterocycles. The van der Waals surface area contributed by atoms with E-state index >= 15 is 0 Å². The van der Waals surface area contributed by atoms with Crippen molar-refractivity contribution in [1.29, 1.82) is 0 Å². The molecule has 186 valence electrons. The van der Waals surface area contributed by atoms with E-state index in [1.807, 2.05) is 12.3 Å². The van der Waals surface area contributed by atoms with Crippen LogP contribution in [0.25, 0.3) is 34.5 Å². The maximum absolute atomic E-state index is 6.28. The smallest absolute Gasteiger partial charge is 0.320 e. The Morgan fingerprint density at radius 1 is 1.00 bits per heavy atom. The van der Waals surface area contributed by atoms with Crippen molar-refractivity contribution >= 4 is 29.0 Å². The molecule has 1 fully saturated rings. The van der Waals surface area contributed by atoms with E-state index in [1.54, 1.807) is 0 Å². The highest BCUT2D eigenvalue weighted by atomic mass is 16.5. The Bertz CT molecular complexity index is 1220. The number of ether oxygens (including phenoxy) is 1. The van der Waals surface area contributed by atoms with Gasteiger partial charge < -0.3 is 14.1 Å². The summed E-state index contributed by atoms with van der Waals surface area (Å²) in [5, 5.41) is 2.12. The number of furan rings is 1. The summed E-state index contributed by atoms with van der Waals surface area (Å²) in [6.07, 6.45) is 14.2. The fourth-order valence-corrected chi connectivity index (χ4v) is 5.18. The second-order valence-corrected chi connectivity index (χ2v) is 9.54. The predicted octanol–water partition coefficient (Wildman–Crippen LogP) is 4.13. The number of hydrogen-bond acceptors (Lipinski definition) is 7. The zero-order valence-electron chi connectivity index (χ0n) is 21.1. The topological polar surface area (TPSA) is 67.5 Å². The predicted molar refractivity (Wildman–Crippen MR) is 141 cm³/mol. The van der Waals surface area contributed by atoms with Crippen LogP contribution in [0.1, 0.15) is 58.8 Å². The van der Waals surface area contributed by atoms with Crippen LogP contribution in [-0.4, -0.2) is 59.2 Å². The maximum atomic E-state index is 6.28. The van der Waals surface area contributed by atoms with Crippen molar-refractivity contribution < 1.29 is 9.15 Å². The summed E-state index contributed by atoms with van der Waals surface area (Å²) in [6, 6.07) is 4.58. The van der Waals surface area contributed by atoms with Crippen LogP contribution in [0.4, 0.5) is 5.82 Å². The molecule has 4 heterocycles. The summed E-state index contributed by atoms with van der Waals surface area (Å²) in [6.45, 7) is 10.0. The second-order valence-electron chi connectivity index (χ2n) is 9.54. The zero-order chi connectivity index (χ0) is 24.0. The van der Waals surface area contributed by atoms with Crippen LogP contribution in [0.3, 0.4) is 0 Å². The van der Waals surface area contributed by atoms with Crippen molar-refractivity contribution in [2.24, 2.45) is 0 Å². The lowest BCUT2D eigenvalue weighted by Crippen LogP contribution is -2.31. The lowest BCUT2D eigenvalue weighted by Gasteiger charge is -2.29. The highest BCUT2D eigenvalue weighted by molar-refractivity contribution is 5.99. The van der Waals surface area contributed by atoms with Crippen molar-refractivity contribution in [3.63, 3.8) is 0 Å². The average Bonchev–Trinajstić information content (AvgIpc) is 3.33. The summed E-state index contributed by atoms with van der Waals surface area (Å²) < 4.78 is 12.4. The van der Waals surface area contributed by atoms with Crippen molar-refractivity contribution in [2.75, 3.05) is 44.2 Å². The molecule has 5 rings (SSSR count). The molecular formula is C28H37N5O2. The van der Waals surface area contributed by atoms with Gasteiger partial charge in [-0.25, -0.2) is 4.98 Å². The molecular weight excluding hydrogens is 438 g/mol. The molecule has 0 saturated carbocycles. The van der Waals surface area contributed by atoms with E-state index in [0.717, 1.165) is 86.4 Å². The van der Waals surface area contributed by atoms with Crippen LogP contribution >= 0.6 is 0 Å². The minimum atomic E-state index is 0.413. The van der Waals surface area contributed by atoms with E-state index in [4.69, 9.17) is 19.1 Å². The van der Waals surface area contributed by atoms with Gasteiger partial charge in [0.2, 0.25) is 0 Å². The summed E-state index contributed by atoms with van der Waals surface area (Å²) >= 11 is 0. The van der Waals surface area contributed by atoms with Crippen LogP contribution in [-0.2, 0) is 0 Å². The van der Waals surface area contributed by atoms with Crippen LogP contribution in [0.5, 0.6) is 6.01 Å². The number of piperidine rings is 1. The first-order valence-corrected chi connectivity index (χ1v) is 13.3. The monoisotopic (exact) mass is 475 g/mol. The van der Waals surface area contributed by atoms with E-state index in [1.165, 1.54) is 24.5 Å². The Morgan fingerprint density at radius 3 is 2.57 bits per heavy atom. The molecule has 1 aliphatic heterocycles. The molecule has 0 amide bonds. The Labute approximate surface area is 207 Å². The first-order chi connectivity index (χ1) is 17.3. The number of nitrogens with zero attached hydrogens (tertiary/aromatic N) is 5. The van der Waals surface area contributed by atoms with Gasteiger partial charge in [0, 0.05) is 36.6 Å². The van der Waals surface area contributed by atoms with E-state index in [2.05, 4.69) is 46.8 Å². The Kier molecular flexibility index (Phi) is 7.62. The van der Waals surface area contributed by atoms with Crippen molar-refractivity contribution in [1.82, 2.24) is 19.9 Å². The first-order valence-electron chi connectivity index (χ1n) is 13.3. The summed E-state index contributed by atoms with van der Waals surface area (Å²) in [7, 11) is 0. The van der Waals surface area contributed by atoms with Crippen molar-refractivity contribution in [3.8, 4) is 17.3 Å². The Morgan fingerprint density at radius 2 is 1.80 bits per heavy atom. The third kappa shape index (κ3) is 5.35. The van der Waals surface area contributed by atoms with Gasteiger partial charge in [-0.1, -0.05) is 19.9 Å². The summed E-state index contributed by atoms with van der Waals surface area (Å²) in [5.41, 5.74) is 2.62. The molecule has 35 heavy (non-hydrogen) atoms. The number of anilines is 1. The van der Waals surface area contributed by atoms with Gasteiger partial charge in [0.1, 0.15) is 23.6 Å². The molecule has 0 spiro atoms. The van der Waals surface area contributed by atoms with Crippen LogP contribution in [0, 0.1) is 0 Å². The normalized spacial score (nSPS) is 15.7. The molecule has 3 aromatic rings. The van der Waals surface area contributed by atoms with Crippen molar-refractivity contribution in [3.05, 3.63) is 29.0 Å². The molecule has 0 radical (unpaired) electrons. The van der Waals surface area contributed by atoms with Crippen LogP contribution in [0.15, 0.2) is 22.7 Å². The maximum Gasteiger partial charge on any atom is 0.320 e. The molecule has 7 heteroatoms. The highest BCUT2D eigenvalue weighted by Crippen LogP contribution is 2.35. The molecule has 0 unspecified atom stereocenters. The molecule has 7 nitrogen and oxygen atoms in total. The largest absolute Gasteiger partial charge is 0.462 e. The molecule has 0 N–H and O–H groups in total. The fourth-order valence-electron chi connectivity index (χ4n) is 5.18. The fraction of sp³-hybridized carbons (Fsp3) is 0.536. The molecule has 1 aliphatic carbocycles. The number of aromatic nitrogens is 3. The molecule has 0 bridgehead atoms. The summed E-state index contributed by atoms with van der Waals surface area (Å²) in [4.78, 5) is 19.1. The Balaban J connectivity index is 1.51. The lowest BCUT2D eigenvalue weighted by atomic mass is 10.1. The molecule has 0 aromatic carbocycles. The molecule has 0 atom stereocenters. The van der Waals surface area contributed by atoms with E-state index in [0.29, 0.717) is 18.3 Å². The second kappa shape index (κ2) is 11.2. The van der Waals surface area contributed by atoms with Gasteiger partial charge in [-0.3, -0.25) is 4.90 Å². The Hall–Kier alpha value is -2.93. The molecule has 3 aromatic heterocycles. The van der Waals surface area contributed by atoms with Gasteiger partial charge in [0.25, 0.3) is 0 Å². The van der Waals surface area contributed by atoms with E-state index in [9.17, 15) is 0 Å². The lowest BCUT2D eigenvalue weighted by molar-refractivity contribution is 0.200. The van der Waals surface area contributed by atoms with Gasteiger partial charge in [0.05, 0.1) is 5.39 Å². The molecule has 2 aliphatic rings. The number of rotatable bonds is 10. The number of pyridine rings is 1. The third-order valence-corrected chi connectivity index (χ3v) is 6.85. The van der Waals surface area contributed by atoms with Gasteiger partial charge >= 0.3 is 6.01 Å². The van der Waals surface area contributed by atoms with Crippen LogP contribution in [0.2, 0.25) is 0 Å². The van der Waals surface area contributed by atoms with Gasteiger partial charge in [-0.2, -0.15) is 9.97 Å². The van der Waals surface area contributed by atoms with E-state index < -0.39 is 0 Å². The minimum Gasteiger partial charge on any atom is -0.462 e. The number of hydrogen-bond donors (Lipinski definition) is 0. The third-order valence-electron chi connectivity index (χ3n) is 6.85. The van der Waals surface area contributed by atoms with E-state index in [-0.39, 0.29) is 0 Å². The van der Waals surface area contributed by atoms with Gasteiger partial charge in [-0.05, 0) is 76.2 Å². The van der Waals surface area contributed by atoms with Crippen molar-refractivity contribution in [2.45, 2.75) is 58.8 Å².